The molecule has 0 bridgehead atoms. The summed E-state index contributed by atoms with van der Waals surface area (Å²) in [6.45, 7) is 0.429. The average Bonchev–Trinajstić information content (AvgIpc) is 3.18. The van der Waals surface area contributed by atoms with Gasteiger partial charge in [0.2, 0.25) is 0 Å². The molecule has 0 saturated carbocycles. The second kappa shape index (κ2) is 7.52. The highest BCUT2D eigenvalue weighted by Gasteiger charge is 2.20. The van der Waals surface area contributed by atoms with Crippen LogP contribution in [0.15, 0.2) is 73.1 Å². The Balaban J connectivity index is 1.67. The summed E-state index contributed by atoms with van der Waals surface area (Å²) in [6.07, 6.45) is 3.28. The molecule has 140 valence electrons. The fraction of sp³-hybridized carbons (Fsp3) is 0.136. The van der Waals surface area contributed by atoms with Crippen LogP contribution in [-0.4, -0.2) is 39.6 Å². The minimum atomic E-state index is -0.140. The molecular formula is C22H20N4O2. The molecule has 0 N–H and O–H groups in total. The minimum Gasteiger partial charge on any atom is -0.496 e. The molecule has 0 saturated heterocycles. The summed E-state index contributed by atoms with van der Waals surface area (Å²) in [5.74, 6) is 0.616. The third-order valence-corrected chi connectivity index (χ3v) is 4.65. The zero-order valence-electron chi connectivity index (χ0n) is 15.7. The Labute approximate surface area is 163 Å². The van der Waals surface area contributed by atoms with Crippen molar-refractivity contribution < 1.29 is 9.53 Å². The summed E-state index contributed by atoms with van der Waals surface area (Å²) < 4.78 is 7.09. The molecule has 28 heavy (non-hydrogen) atoms. The van der Waals surface area contributed by atoms with Crippen LogP contribution in [0.25, 0.3) is 16.9 Å². The Morgan fingerprint density at radius 1 is 1.07 bits per heavy atom. The van der Waals surface area contributed by atoms with E-state index in [1.807, 2.05) is 60.7 Å². The van der Waals surface area contributed by atoms with E-state index in [0.29, 0.717) is 17.8 Å². The summed E-state index contributed by atoms with van der Waals surface area (Å²) in [6, 6.07) is 19.5. The van der Waals surface area contributed by atoms with Crippen molar-refractivity contribution in [3.05, 3.63) is 84.2 Å². The van der Waals surface area contributed by atoms with Crippen molar-refractivity contribution in [2.24, 2.45) is 0 Å². The number of methoxy groups -OCH3 is 1. The van der Waals surface area contributed by atoms with Crippen LogP contribution in [0.4, 0.5) is 0 Å². The van der Waals surface area contributed by atoms with Crippen molar-refractivity contribution in [1.82, 2.24) is 19.5 Å². The lowest BCUT2D eigenvalue weighted by molar-refractivity contribution is 0.0786. The number of aromatic nitrogens is 3. The molecule has 6 heteroatoms. The summed E-state index contributed by atoms with van der Waals surface area (Å²) in [7, 11) is 3.39. The fourth-order valence-electron chi connectivity index (χ4n) is 3.24. The van der Waals surface area contributed by atoms with Gasteiger partial charge in [-0.15, -0.1) is 0 Å². The van der Waals surface area contributed by atoms with E-state index in [9.17, 15) is 4.79 Å². The maximum atomic E-state index is 13.1. The lowest BCUT2D eigenvalue weighted by Gasteiger charge is -2.18. The van der Waals surface area contributed by atoms with Gasteiger partial charge in [0.1, 0.15) is 11.3 Å². The molecule has 0 aliphatic rings. The number of benzene rings is 2. The largest absolute Gasteiger partial charge is 0.496 e. The summed E-state index contributed by atoms with van der Waals surface area (Å²) in [5, 5.41) is 4.42. The van der Waals surface area contributed by atoms with Crippen molar-refractivity contribution in [2.75, 3.05) is 14.2 Å². The summed E-state index contributed by atoms with van der Waals surface area (Å²) >= 11 is 0. The Hall–Kier alpha value is -3.67. The Morgan fingerprint density at radius 2 is 1.82 bits per heavy atom. The van der Waals surface area contributed by atoms with Crippen molar-refractivity contribution >= 4 is 11.6 Å². The number of carbonyl (C=O) groups excluding carboxylic acids is 1. The second-order valence-corrected chi connectivity index (χ2v) is 6.46. The molecule has 0 radical (unpaired) electrons. The van der Waals surface area contributed by atoms with Gasteiger partial charge >= 0.3 is 0 Å². The molecule has 0 atom stereocenters. The molecule has 0 fully saturated rings. The third kappa shape index (κ3) is 3.20. The first-order chi connectivity index (χ1) is 13.7. The van der Waals surface area contributed by atoms with Crippen molar-refractivity contribution in [3.63, 3.8) is 0 Å². The Kier molecular flexibility index (Phi) is 4.76. The highest BCUT2D eigenvalue weighted by atomic mass is 16.5. The van der Waals surface area contributed by atoms with Crippen LogP contribution in [0, 0.1) is 0 Å². The van der Waals surface area contributed by atoms with Gasteiger partial charge in [0.05, 0.1) is 19.0 Å². The summed E-state index contributed by atoms with van der Waals surface area (Å²) in [4.78, 5) is 19.1. The first-order valence-electron chi connectivity index (χ1n) is 8.94. The Morgan fingerprint density at radius 3 is 2.61 bits per heavy atom. The topological polar surface area (TPSA) is 59.7 Å². The van der Waals surface area contributed by atoms with Crippen LogP contribution in [0.1, 0.15) is 15.9 Å². The first-order valence-corrected chi connectivity index (χ1v) is 8.94. The van der Waals surface area contributed by atoms with Gasteiger partial charge in [-0.2, -0.15) is 5.10 Å². The number of nitrogens with zero attached hydrogens (tertiary/aromatic N) is 4. The van der Waals surface area contributed by atoms with Crippen LogP contribution in [0.5, 0.6) is 5.75 Å². The molecule has 6 nitrogen and oxygen atoms in total. The van der Waals surface area contributed by atoms with E-state index in [1.165, 1.54) is 0 Å². The van der Waals surface area contributed by atoms with Gasteiger partial charge in [0.15, 0.2) is 5.65 Å². The number of hydrogen-bond acceptors (Lipinski definition) is 4. The first kappa shape index (κ1) is 17.7. The van der Waals surface area contributed by atoms with E-state index < -0.39 is 0 Å². The fourth-order valence-corrected chi connectivity index (χ4v) is 3.24. The SMILES string of the molecule is COc1ccccc1CN(C)C(=O)c1cnn2c(-c3ccccc3)ccnc12. The molecule has 0 spiro atoms. The molecule has 0 unspecified atom stereocenters. The van der Waals surface area contributed by atoms with Crippen molar-refractivity contribution in [3.8, 4) is 17.0 Å². The number of hydrogen-bond donors (Lipinski definition) is 0. The standard InChI is InChI=1S/C22H20N4O2/c1-25(15-17-10-6-7-11-20(17)28-2)22(27)18-14-24-26-19(12-13-23-21(18)26)16-8-4-3-5-9-16/h3-14H,15H2,1-2H3. The van der Waals surface area contributed by atoms with Gasteiger partial charge in [-0.3, -0.25) is 4.79 Å². The lowest BCUT2D eigenvalue weighted by Crippen LogP contribution is -2.26. The van der Waals surface area contributed by atoms with Crippen LogP contribution in [0.3, 0.4) is 0 Å². The quantitative estimate of drug-likeness (QED) is 0.536. The van der Waals surface area contributed by atoms with E-state index in [0.717, 1.165) is 22.6 Å². The number of fused-ring (bicyclic) bond motifs is 1. The Bertz CT molecular complexity index is 1120. The van der Waals surface area contributed by atoms with Crippen LogP contribution >= 0.6 is 0 Å². The molecule has 4 rings (SSSR count). The molecule has 4 aromatic rings. The monoisotopic (exact) mass is 372 g/mol. The van der Waals surface area contributed by atoms with Gasteiger partial charge in [0, 0.05) is 30.9 Å². The lowest BCUT2D eigenvalue weighted by atomic mass is 10.1. The maximum absolute atomic E-state index is 13.1. The second-order valence-electron chi connectivity index (χ2n) is 6.46. The number of ether oxygens (including phenoxy) is 1. The van der Waals surface area contributed by atoms with Crippen LogP contribution in [0.2, 0.25) is 0 Å². The van der Waals surface area contributed by atoms with E-state index in [2.05, 4.69) is 10.1 Å². The molecule has 2 aromatic heterocycles. The predicted molar refractivity (Wildman–Crippen MR) is 107 cm³/mol. The van der Waals surface area contributed by atoms with E-state index in [1.54, 1.807) is 36.0 Å². The predicted octanol–water partition coefficient (Wildman–Crippen LogP) is 3.68. The highest BCUT2D eigenvalue weighted by molar-refractivity contribution is 5.99. The van der Waals surface area contributed by atoms with Crippen molar-refractivity contribution in [2.45, 2.75) is 6.54 Å². The molecule has 0 aliphatic carbocycles. The van der Waals surface area contributed by atoms with Gasteiger partial charge in [-0.05, 0) is 12.1 Å². The molecule has 1 amide bonds. The van der Waals surface area contributed by atoms with Crippen LogP contribution < -0.4 is 4.74 Å². The highest BCUT2D eigenvalue weighted by Crippen LogP contribution is 2.23. The molecule has 2 aromatic carbocycles. The van der Waals surface area contributed by atoms with E-state index in [4.69, 9.17) is 4.74 Å². The molecule has 2 heterocycles. The number of rotatable bonds is 5. The zero-order chi connectivity index (χ0) is 19.5. The van der Waals surface area contributed by atoms with Crippen molar-refractivity contribution in [1.29, 1.82) is 0 Å². The van der Waals surface area contributed by atoms with Crippen LogP contribution in [-0.2, 0) is 6.54 Å². The number of para-hydroxylation sites is 1. The molecular weight excluding hydrogens is 352 g/mol. The number of carbonyl (C=O) groups is 1. The zero-order valence-corrected chi connectivity index (χ0v) is 15.7. The smallest absolute Gasteiger partial charge is 0.259 e. The summed E-state index contributed by atoms with van der Waals surface area (Å²) in [5.41, 5.74) is 3.85. The van der Waals surface area contributed by atoms with E-state index >= 15 is 0 Å². The van der Waals surface area contributed by atoms with Gasteiger partial charge in [-0.1, -0.05) is 48.5 Å². The third-order valence-electron chi connectivity index (χ3n) is 4.65. The average molecular weight is 372 g/mol. The van der Waals surface area contributed by atoms with E-state index in [-0.39, 0.29) is 5.91 Å². The maximum Gasteiger partial charge on any atom is 0.259 e. The normalized spacial score (nSPS) is 10.8. The van der Waals surface area contributed by atoms with Gasteiger partial charge in [-0.25, -0.2) is 9.50 Å². The number of amides is 1. The van der Waals surface area contributed by atoms with Gasteiger partial charge < -0.3 is 9.64 Å². The molecule has 0 aliphatic heterocycles. The minimum absolute atomic E-state index is 0.140. The van der Waals surface area contributed by atoms with Gasteiger partial charge in [0.25, 0.3) is 5.91 Å².